The first-order valence-electron chi connectivity index (χ1n) is 32.8. The molecule has 19 heteroatoms. The quantitative estimate of drug-likeness (QED) is 0.0222. The standard InChI is InChI=1S/C63H122O17P2/c1-8-9-10-27-37-44-60(65)73-50-58(80-63(68)47-40-33-26-24-30-36-43-56(6)7)52-77-81(69,70)75-48-57(64)49-76-82(71,72)78-53-59(51-74-61(66)45-38-31-25-23-29-35-42-55(4)5)79-62(67)46-39-32-22-20-18-16-14-12-11-13-15-17-19-21-28-34-41-54(2)3/h54-59,64H,8-53H2,1-7H3,(H,69,70)(H,71,72)/t57-,58+,59+/m0/s1. The highest BCUT2D eigenvalue weighted by Gasteiger charge is 2.30. The van der Waals surface area contributed by atoms with Crippen LogP contribution in [0.2, 0.25) is 0 Å². The fourth-order valence-corrected chi connectivity index (χ4v) is 10.9. The Hall–Kier alpha value is -1.94. The van der Waals surface area contributed by atoms with E-state index in [1.165, 1.54) is 103 Å². The molecule has 486 valence electrons. The van der Waals surface area contributed by atoms with Gasteiger partial charge in [0.1, 0.15) is 19.3 Å². The van der Waals surface area contributed by atoms with Gasteiger partial charge < -0.3 is 33.8 Å². The van der Waals surface area contributed by atoms with Crippen molar-refractivity contribution in [2.45, 2.75) is 324 Å². The topological polar surface area (TPSA) is 237 Å². The molecule has 0 aliphatic rings. The molecule has 0 amide bonds. The SMILES string of the molecule is CCCCCCCC(=O)OC[C@H](COP(=O)(O)OC[C@H](O)COP(=O)(O)OC[C@@H](COC(=O)CCCCCCCCC(C)C)OC(=O)CCCCCCCCCCCCCCCCCCC(C)C)OC(=O)CCCCCCCCC(C)C. The van der Waals surface area contributed by atoms with E-state index in [9.17, 15) is 43.2 Å². The number of carbonyl (C=O) groups excluding carboxylic acids is 4. The predicted octanol–water partition coefficient (Wildman–Crippen LogP) is 17.1. The second-order valence-corrected chi connectivity index (χ2v) is 27.1. The Morgan fingerprint density at radius 1 is 0.329 bits per heavy atom. The van der Waals surface area contributed by atoms with Crippen molar-refractivity contribution < 1.29 is 80.2 Å². The molecule has 2 unspecified atom stereocenters. The summed E-state index contributed by atoms with van der Waals surface area (Å²) in [5.41, 5.74) is 0. The van der Waals surface area contributed by atoms with Crippen LogP contribution in [0.1, 0.15) is 305 Å². The first-order valence-corrected chi connectivity index (χ1v) is 35.8. The third kappa shape index (κ3) is 57.2. The van der Waals surface area contributed by atoms with E-state index in [2.05, 4.69) is 48.5 Å². The van der Waals surface area contributed by atoms with Crippen LogP contribution < -0.4 is 0 Å². The van der Waals surface area contributed by atoms with Crippen LogP contribution in [0.4, 0.5) is 0 Å². The van der Waals surface area contributed by atoms with Crippen LogP contribution in [0.25, 0.3) is 0 Å². The number of aliphatic hydroxyl groups is 1. The van der Waals surface area contributed by atoms with Crippen LogP contribution in [0.15, 0.2) is 0 Å². The molecule has 0 spiro atoms. The summed E-state index contributed by atoms with van der Waals surface area (Å²) in [7, 11) is -9.87. The van der Waals surface area contributed by atoms with Gasteiger partial charge in [0, 0.05) is 25.7 Å². The van der Waals surface area contributed by atoms with E-state index in [-0.39, 0.29) is 25.7 Å². The molecule has 0 aromatic heterocycles. The minimum absolute atomic E-state index is 0.101. The fourth-order valence-electron chi connectivity index (χ4n) is 9.30. The average molecular weight is 1210 g/mol. The second kappa shape index (κ2) is 54.5. The average Bonchev–Trinajstić information content (AvgIpc) is 3.44. The van der Waals surface area contributed by atoms with Gasteiger partial charge in [-0.1, -0.05) is 254 Å². The van der Waals surface area contributed by atoms with Gasteiger partial charge in [0.25, 0.3) is 0 Å². The summed E-state index contributed by atoms with van der Waals surface area (Å²) in [6.45, 7) is 11.5. The predicted molar refractivity (Wildman–Crippen MR) is 326 cm³/mol. The molecule has 3 N–H and O–H groups in total. The molecule has 0 heterocycles. The first-order chi connectivity index (χ1) is 39.2. The molecule has 0 saturated carbocycles. The maximum Gasteiger partial charge on any atom is 0.472 e. The number of unbranched alkanes of at least 4 members (excludes halogenated alkanes) is 29. The van der Waals surface area contributed by atoms with E-state index in [1.807, 2.05) is 0 Å². The van der Waals surface area contributed by atoms with E-state index >= 15 is 0 Å². The maximum atomic E-state index is 13.0. The lowest BCUT2D eigenvalue weighted by molar-refractivity contribution is -0.161. The summed E-state index contributed by atoms with van der Waals surface area (Å²) >= 11 is 0. The lowest BCUT2D eigenvalue weighted by atomic mass is 10.0. The third-order valence-electron chi connectivity index (χ3n) is 14.4. The maximum absolute atomic E-state index is 13.0. The van der Waals surface area contributed by atoms with Gasteiger partial charge >= 0.3 is 39.5 Å². The molecule has 0 radical (unpaired) electrons. The van der Waals surface area contributed by atoms with Crippen molar-refractivity contribution in [3.8, 4) is 0 Å². The minimum atomic E-state index is -4.94. The van der Waals surface area contributed by atoms with Crippen molar-refractivity contribution >= 4 is 39.5 Å². The summed E-state index contributed by atoms with van der Waals surface area (Å²) in [6.07, 6.45) is 35.6. The summed E-state index contributed by atoms with van der Waals surface area (Å²) in [4.78, 5) is 71.8. The van der Waals surface area contributed by atoms with Crippen molar-refractivity contribution in [1.82, 2.24) is 0 Å². The number of aliphatic hydroxyl groups excluding tert-OH is 1. The number of phosphoric acid groups is 2. The molecule has 0 bridgehead atoms. The van der Waals surface area contributed by atoms with Gasteiger partial charge in [-0.25, -0.2) is 9.13 Å². The Bertz CT molecular complexity index is 1630. The number of rotatable bonds is 61. The fraction of sp³-hybridized carbons (Fsp3) is 0.937. The van der Waals surface area contributed by atoms with E-state index < -0.39 is 97.5 Å². The Morgan fingerprint density at radius 2 is 0.561 bits per heavy atom. The van der Waals surface area contributed by atoms with Crippen LogP contribution in [-0.4, -0.2) is 96.7 Å². The van der Waals surface area contributed by atoms with Crippen LogP contribution >= 0.6 is 15.6 Å². The smallest absolute Gasteiger partial charge is 0.462 e. The van der Waals surface area contributed by atoms with E-state index in [1.54, 1.807) is 0 Å². The zero-order valence-electron chi connectivity index (χ0n) is 52.9. The highest BCUT2D eigenvalue weighted by Crippen LogP contribution is 2.45. The molecule has 0 aliphatic heterocycles. The number of hydrogen-bond donors (Lipinski definition) is 3. The molecular weight excluding hydrogens is 1090 g/mol. The molecule has 0 aromatic carbocycles. The Balaban J connectivity index is 5.10. The largest absolute Gasteiger partial charge is 0.472 e. The van der Waals surface area contributed by atoms with Crippen molar-refractivity contribution in [2.75, 3.05) is 39.6 Å². The van der Waals surface area contributed by atoms with Crippen molar-refractivity contribution in [2.24, 2.45) is 17.8 Å². The highest BCUT2D eigenvalue weighted by molar-refractivity contribution is 7.47. The van der Waals surface area contributed by atoms with Gasteiger partial charge in [0.2, 0.25) is 0 Å². The van der Waals surface area contributed by atoms with Crippen LogP contribution in [0.5, 0.6) is 0 Å². The van der Waals surface area contributed by atoms with Gasteiger partial charge in [-0.05, 0) is 43.4 Å². The molecule has 5 atom stereocenters. The monoisotopic (exact) mass is 1210 g/mol. The molecular formula is C63H122O17P2. The van der Waals surface area contributed by atoms with Crippen LogP contribution in [0, 0.1) is 17.8 Å². The highest BCUT2D eigenvalue weighted by atomic mass is 31.2. The second-order valence-electron chi connectivity index (χ2n) is 24.2. The molecule has 17 nitrogen and oxygen atoms in total. The van der Waals surface area contributed by atoms with Crippen molar-refractivity contribution in [1.29, 1.82) is 0 Å². The van der Waals surface area contributed by atoms with Gasteiger partial charge in [0.05, 0.1) is 26.4 Å². The minimum Gasteiger partial charge on any atom is -0.462 e. The lowest BCUT2D eigenvalue weighted by Crippen LogP contribution is -2.30. The van der Waals surface area contributed by atoms with Crippen LogP contribution in [0.3, 0.4) is 0 Å². The summed E-state index contributed by atoms with van der Waals surface area (Å²) in [5.74, 6) is 0.00422. The molecule has 0 saturated heterocycles. The number of phosphoric ester groups is 2. The zero-order chi connectivity index (χ0) is 61.0. The number of carbonyl (C=O) groups is 4. The number of ether oxygens (including phenoxy) is 4. The molecule has 0 aliphatic carbocycles. The van der Waals surface area contributed by atoms with Gasteiger partial charge in [0.15, 0.2) is 12.2 Å². The van der Waals surface area contributed by atoms with E-state index in [4.69, 9.17) is 37.0 Å². The zero-order valence-corrected chi connectivity index (χ0v) is 54.7. The molecule has 82 heavy (non-hydrogen) atoms. The van der Waals surface area contributed by atoms with Gasteiger partial charge in [-0.2, -0.15) is 0 Å². The van der Waals surface area contributed by atoms with Crippen LogP contribution in [-0.2, 0) is 65.4 Å². The Labute approximate surface area is 498 Å². The summed E-state index contributed by atoms with van der Waals surface area (Å²) < 4.78 is 67.7. The first kappa shape index (κ1) is 80.1. The van der Waals surface area contributed by atoms with Crippen molar-refractivity contribution in [3.63, 3.8) is 0 Å². The van der Waals surface area contributed by atoms with Crippen molar-refractivity contribution in [3.05, 3.63) is 0 Å². The van der Waals surface area contributed by atoms with Gasteiger partial charge in [-0.15, -0.1) is 0 Å². The molecule has 0 aromatic rings. The Morgan fingerprint density at radius 3 is 0.829 bits per heavy atom. The Kier molecular flexibility index (Phi) is 53.2. The number of hydrogen-bond acceptors (Lipinski definition) is 15. The normalized spacial score (nSPS) is 14.4. The van der Waals surface area contributed by atoms with E-state index in [0.717, 1.165) is 109 Å². The molecule has 0 fully saturated rings. The molecule has 0 rings (SSSR count). The third-order valence-corrected chi connectivity index (χ3v) is 16.3. The van der Waals surface area contributed by atoms with E-state index in [0.29, 0.717) is 37.5 Å². The summed E-state index contributed by atoms with van der Waals surface area (Å²) in [5, 5.41) is 10.5. The lowest BCUT2D eigenvalue weighted by Gasteiger charge is -2.21. The summed E-state index contributed by atoms with van der Waals surface area (Å²) in [6, 6.07) is 0. The van der Waals surface area contributed by atoms with Gasteiger partial charge in [-0.3, -0.25) is 37.3 Å². The number of esters is 4.